The Kier molecular flexibility index (Phi) is 6.06. The molecule has 0 aliphatic heterocycles. The van der Waals surface area contributed by atoms with Gasteiger partial charge in [-0.1, -0.05) is 26.2 Å². The second kappa shape index (κ2) is 8.24. The van der Waals surface area contributed by atoms with E-state index in [1.165, 1.54) is 34.9 Å². The van der Waals surface area contributed by atoms with E-state index in [-0.39, 0.29) is 17.8 Å². The van der Waals surface area contributed by atoms with Crippen molar-refractivity contribution >= 4 is 22.6 Å². The molecule has 0 radical (unpaired) electrons. The van der Waals surface area contributed by atoms with Crippen molar-refractivity contribution in [2.24, 2.45) is 0 Å². The molecule has 0 saturated heterocycles. The fraction of sp³-hybridized carbons (Fsp3) is 0.412. The Bertz CT molecular complexity index is 797. The lowest BCUT2D eigenvalue weighted by molar-refractivity contribution is -0.384. The predicted molar refractivity (Wildman–Crippen MR) is 90.0 cm³/mol. The van der Waals surface area contributed by atoms with Crippen LogP contribution in [0.25, 0.3) is 10.9 Å². The molecule has 0 aliphatic rings. The van der Waals surface area contributed by atoms with Gasteiger partial charge in [-0.3, -0.25) is 24.3 Å². The van der Waals surface area contributed by atoms with Gasteiger partial charge in [0, 0.05) is 23.6 Å². The van der Waals surface area contributed by atoms with E-state index in [1.807, 2.05) is 0 Å². The minimum absolute atomic E-state index is 0.0637. The molecular weight excluding hydrogens is 312 g/mol. The van der Waals surface area contributed by atoms with E-state index < -0.39 is 10.9 Å². The number of unbranched alkanes of at least 4 members (excludes halogenated alkanes) is 3. The summed E-state index contributed by atoms with van der Waals surface area (Å²) in [5.74, 6) is -0.487. The number of nitro groups is 1. The Morgan fingerprint density at radius 1 is 1.21 bits per heavy atom. The van der Waals surface area contributed by atoms with Crippen LogP contribution in [0.3, 0.4) is 0 Å². The minimum Gasteiger partial charge on any atom is -0.464 e. The molecule has 1 aromatic heterocycles. The highest BCUT2D eigenvalue weighted by Gasteiger charge is 2.12. The van der Waals surface area contributed by atoms with E-state index in [9.17, 15) is 19.7 Å². The van der Waals surface area contributed by atoms with Crippen molar-refractivity contribution in [3.63, 3.8) is 0 Å². The third-order valence-electron chi connectivity index (χ3n) is 3.73. The number of esters is 1. The SMILES string of the molecule is CCCCCCOC(=O)Cn1c(=O)ccc2cc([N+](=O)[O-])ccc21. The first-order chi connectivity index (χ1) is 11.5. The molecule has 7 heteroatoms. The zero-order valence-corrected chi connectivity index (χ0v) is 13.6. The number of hydrogen-bond acceptors (Lipinski definition) is 5. The van der Waals surface area contributed by atoms with Gasteiger partial charge >= 0.3 is 5.97 Å². The second-order valence-electron chi connectivity index (χ2n) is 5.54. The third-order valence-corrected chi connectivity index (χ3v) is 3.73. The van der Waals surface area contributed by atoms with E-state index in [4.69, 9.17) is 4.74 Å². The van der Waals surface area contributed by atoms with E-state index in [2.05, 4.69) is 6.92 Å². The van der Waals surface area contributed by atoms with Crippen LogP contribution in [0.2, 0.25) is 0 Å². The number of carbonyl (C=O) groups is 1. The quantitative estimate of drug-likeness (QED) is 0.321. The summed E-state index contributed by atoms with van der Waals surface area (Å²) >= 11 is 0. The average molecular weight is 332 g/mol. The molecule has 2 rings (SSSR count). The highest BCUT2D eigenvalue weighted by molar-refractivity contribution is 5.82. The largest absolute Gasteiger partial charge is 0.464 e. The Morgan fingerprint density at radius 2 is 2.00 bits per heavy atom. The molecule has 1 aromatic carbocycles. The molecule has 0 unspecified atom stereocenters. The number of rotatable bonds is 8. The lowest BCUT2D eigenvalue weighted by Gasteiger charge is -2.10. The number of hydrogen-bond donors (Lipinski definition) is 0. The van der Waals surface area contributed by atoms with Crippen molar-refractivity contribution in [2.45, 2.75) is 39.2 Å². The summed E-state index contributed by atoms with van der Waals surface area (Å²) in [6.45, 7) is 2.23. The first kappa shape index (κ1) is 17.7. The molecule has 0 bridgehead atoms. The van der Waals surface area contributed by atoms with Crippen molar-refractivity contribution in [3.05, 3.63) is 50.8 Å². The molecule has 0 saturated carbocycles. The van der Waals surface area contributed by atoms with Gasteiger partial charge in [-0.25, -0.2) is 0 Å². The van der Waals surface area contributed by atoms with Crippen molar-refractivity contribution in [2.75, 3.05) is 6.61 Å². The Labute approximate surface area is 139 Å². The molecule has 24 heavy (non-hydrogen) atoms. The van der Waals surface area contributed by atoms with Crippen LogP contribution < -0.4 is 5.56 Å². The van der Waals surface area contributed by atoms with Crippen LogP contribution in [0.4, 0.5) is 5.69 Å². The summed E-state index contributed by atoms with van der Waals surface area (Å²) in [6.07, 6.45) is 4.00. The Hall–Kier alpha value is -2.70. The van der Waals surface area contributed by atoms with Gasteiger partial charge in [0.15, 0.2) is 0 Å². The van der Waals surface area contributed by atoms with Gasteiger partial charge < -0.3 is 4.74 Å². The van der Waals surface area contributed by atoms with Gasteiger partial charge in [0.05, 0.1) is 17.0 Å². The molecule has 0 amide bonds. The number of ether oxygens (including phenoxy) is 1. The molecule has 0 fully saturated rings. The maximum Gasteiger partial charge on any atom is 0.326 e. The van der Waals surface area contributed by atoms with Crippen molar-refractivity contribution in [3.8, 4) is 0 Å². The topological polar surface area (TPSA) is 91.4 Å². The van der Waals surface area contributed by atoms with Crippen molar-refractivity contribution < 1.29 is 14.5 Å². The van der Waals surface area contributed by atoms with Crippen LogP contribution in [0.5, 0.6) is 0 Å². The lowest BCUT2D eigenvalue weighted by Crippen LogP contribution is -2.25. The standard InChI is InChI=1S/C17H20N2O5/c1-2-3-4-5-10-24-17(21)12-18-15-8-7-14(19(22)23)11-13(15)6-9-16(18)20/h6-9,11H,2-5,10,12H2,1H3. The molecule has 128 valence electrons. The highest BCUT2D eigenvalue weighted by atomic mass is 16.6. The lowest BCUT2D eigenvalue weighted by atomic mass is 10.2. The first-order valence-corrected chi connectivity index (χ1v) is 7.96. The zero-order valence-electron chi connectivity index (χ0n) is 13.6. The number of carbonyl (C=O) groups excluding carboxylic acids is 1. The van der Waals surface area contributed by atoms with Crippen molar-refractivity contribution in [1.29, 1.82) is 0 Å². The van der Waals surface area contributed by atoms with Crippen molar-refractivity contribution in [1.82, 2.24) is 4.57 Å². The molecule has 1 heterocycles. The van der Waals surface area contributed by atoms with Gasteiger partial charge in [-0.2, -0.15) is 0 Å². The van der Waals surface area contributed by atoms with Crippen LogP contribution in [0.1, 0.15) is 32.6 Å². The normalized spacial score (nSPS) is 10.7. The minimum atomic E-state index is -0.501. The number of benzene rings is 1. The summed E-state index contributed by atoms with van der Waals surface area (Å²) < 4.78 is 6.42. The monoisotopic (exact) mass is 332 g/mol. The van der Waals surface area contributed by atoms with Crippen LogP contribution in [0.15, 0.2) is 35.1 Å². The Balaban J connectivity index is 2.13. The third kappa shape index (κ3) is 4.41. The predicted octanol–water partition coefficient (Wildman–Crippen LogP) is 3.03. The summed E-state index contributed by atoms with van der Waals surface area (Å²) in [6, 6.07) is 6.97. The molecular formula is C17H20N2O5. The van der Waals surface area contributed by atoms with Gasteiger partial charge in [-0.15, -0.1) is 0 Å². The summed E-state index contributed by atoms with van der Waals surface area (Å²) in [7, 11) is 0. The molecule has 0 atom stereocenters. The van der Waals surface area contributed by atoms with Crippen LogP contribution in [-0.4, -0.2) is 22.1 Å². The van der Waals surface area contributed by atoms with Gasteiger partial charge in [0.2, 0.25) is 0 Å². The van der Waals surface area contributed by atoms with Gasteiger partial charge in [0.1, 0.15) is 6.54 Å². The number of nitro benzene ring substituents is 1. The second-order valence-corrected chi connectivity index (χ2v) is 5.54. The zero-order chi connectivity index (χ0) is 17.5. The number of pyridine rings is 1. The fourth-order valence-electron chi connectivity index (χ4n) is 2.46. The fourth-order valence-corrected chi connectivity index (χ4v) is 2.46. The summed E-state index contributed by atoms with van der Waals surface area (Å²) in [5, 5.41) is 11.4. The average Bonchev–Trinajstić information content (AvgIpc) is 2.56. The van der Waals surface area contributed by atoms with Gasteiger partial charge in [-0.05, 0) is 18.6 Å². The summed E-state index contributed by atoms with van der Waals surface area (Å²) in [5.41, 5.74) is 0.0570. The van der Waals surface area contributed by atoms with E-state index in [0.717, 1.165) is 25.7 Å². The van der Waals surface area contributed by atoms with Crippen LogP contribution >= 0.6 is 0 Å². The maximum absolute atomic E-state index is 12.0. The molecule has 0 spiro atoms. The number of aromatic nitrogens is 1. The molecule has 0 N–H and O–H groups in total. The maximum atomic E-state index is 12.0. The molecule has 2 aromatic rings. The van der Waals surface area contributed by atoms with E-state index in [1.54, 1.807) is 0 Å². The number of non-ortho nitro benzene ring substituents is 1. The highest BCUT2D eigenvalue weighted by Crippen LogP contribution is 2.19. The van der Waals surface area contributed by atoms with E-state index in [0.29, 0.717) is 17.5 Å². The van der Waals surface area contributed by atoms with Crippen LogP contribution in [0, 0.1) is 10.1 Å². The Morgan fingerprint density at radius 3 is 2.71 bits per heavy atom. The molecule has 0 aliphatic carbocycles. The van der Waals surface area contributed by atoms with Gasteiger partial charge in [0.25, 0.3) is 11.2 Å². The van der Waals surface area contributed by atoms with E-state index >= 15 is 0 Å². The smallest absolute Gasteiger partial charge is 0.326 e. The molecule has 7 nitrogen and oxygen atoms in total. The number of nitrogens with zero attached hydrogens (tertiary/aromatic N) is 2. The number of fused-ring (bicyclic) bond motifs is 1. The first-order valence-electron chi connectivity index (χ1n) is 7.96. The van der Waals surface area contributed by atoms with Crippen LogP contribution in [-0.2, 0) is 16.1 Å². The summed E-state index contributed by atoms with van der Waals surface area (Å²) in [4.78, 5) is 34.3.